The van der Waals surface area contributed by atoms with Crippen LogP contribution in [0.1, 0.15) is 0 Å². The highest BCUT2D eigenvalue weighted by Gasteiger charge is 2.02. The highest BCUT2D eigenvalue weighted by atomic mass is 19.1. The summed E-state index contributed by atoms with van der Waals surface area (Å²) < 4.78 is 17.9. The Bertz CT molecular complexity index is 474. The number of aromatic nitrogens is 2. The molecule has 0 unspecified atom stereocenters. The van der Waals surface area contributed by atoms with Crippen LogP contribution in [0, 0.1) is 5.95 Å². The van der Waals surface area contributed by atoms with Crippen molar-refractivity contribution in [2.24, 2.45) is 0 Å². The third-order valence-electron chi connectivity index (χ3n) is 1.96. The second-order valence-electron chi connectivity index (χ2n) is 2.93. The van der Waals surface area contributed by atoms with E-state index in [4.69, 9.17) is 4.74 Å². The van der Waals surface area contributed by atoms with Gasteiger partial charge in [0.15, 0.2) is 0 Å². The van der Waals surface area contributed by atoms with Crippen LogP contribution < -0.4 is 4.74 Å². The third kappa shape index (κ3) is 2.10. The fraction of sp³-hybridized carbons (Fsp3) is 0.0909. The zero-order valence-corrected chi connectivity index (χ0v) is 8.14. The first kappa shape index (κ1) is 9.58. The SMILES string of the molecule is COc1cccc(-c2ccnc(F)c2)n1. The molecule has 2 heterocycles. The number of ether oxygens (including phenoxy) is 1. The number of hydrogen-bond acceptors (Lipinski definition) is 3. The summed E-state index contributed by atoms with van der Waals surface area (Å²) in [4.78, 5) is 7.67. The number of halogens is 1. The Balaban J connectivity index is 2.44. The van der Waals surface area contributed by atoms with Crippen molar-refractivity contribution in [3.05, 3.63) is 42.5 Å². The fourth-order valence-electron chi connectivity index (χ4n) is 1.25. The molecule has 2 rings (SSSR count). The molecule has 0 spiro atoms. The first-order valence-electron chi connectivity index (χ1n) is 4.42. The smallest absolute Gasteiger partial charge is 0.213 e. The van der Waals surface area contributed by atoms with E-state index in [-0.39, 0.29) is 0 Å². The van der Waals surface area contributed by atoms with Crippen LogP contribution in [-0.2, 0) is 0 Å². The molecule has 0 fully saturated rings. The van der Waals surface area contributed by atoms with Crippen molar-refractivity contribution in [2.75, 3.05) is 7.11 Å². The molecule has 0 aliphatic carbocycles. The number of pyridine rings is 2. The maximum absolute atomic E-state index is 12.9. The lowest BCUT2D eigenvalue weighted by Gasteiger charge is -2.02. The van der Waals surface area contributed by atoms with Gasteiger partial charge in [-0.2, -0.15) is 4.39 Å². The van der Waals surface area contributed by atoms with Gasteiger partial charge in [-0.15, -0.1) is 0 Å². The normalized spacial score (nSPS) is 10.0. The highest BCUT2D eigenvalue weighted by molar-refractivity contribution is 5.58. The standard InChI is InChI=1S/C11H9FN2O/c1-15-11-4-2-3-9(14-11)8-5-6-13-10(12)7-8/h2-7H,1H3. The summed E-state index contributed by atoms with van der Waals surface area (Å²) in [5.74, 6) is -0.0122. The molecule has 0 saturated carbocycles. The molecule has 2 aromatic heterocycles. The monoisotopic (exact) mass is 204 g/mol. The van der Waals surface area contributed by atoms with E-state index in [0.29, 0.717) is 17.1 Å². The minimum atomic E-state index is -0.517. The molecule has 0 atom stereocenters. The predicted octanol–water partition coefficient (Wildman–Crippen LogP) is 2.29. The molecule has 4 heteroatoms. The van der Waals surface area contributed by atoms with E-state index in [1.165, 1.54) is 12.3 Å². The van der Waals surface area contributed by atoms with E-state index in [1.54, 1.807) is 31.4 Å². The van der Waals surface area contributed by atoms with E-state index < -0.39 is 5.95 Å². The second kappa shape index (κ2) is 4.04. The summed E-state index contributed by atoms with van der Waals surface area (Å²) in [6.45, 7) is 0. The van der Waals surface area contributed by atoms with Crippen LogP contribution in [-0.4, -0.2) is 17.1 Å². The molecule has 0 N–H and O–H groups in total. The summed E-state index contributed by atoms with van der Waals surface area (Å²) in [5.41, 5.74) is 1.34. The molecule has 2 aromatic rings. The summed E-state index contributed by atoms with van der Waals surface area (Å²) >= 11 is 0. The molecule has 0 radical (unpaired) electrons. The van der Waals surface area contributed by atoms with Gasteiger partial charge in [0.05, 0.1) is 12.8 Å². The first-order valence-corrected chi connectivity index (χ1v) is 4.42. The summed E-state index contributed by atoms with van der Waals surface area (Å²) in [5, 5.41) is 0. The molecule has 15 heavy (non-hydrogen) atoms. The Morgan fingerprint density at radius 3 is 2.87 bits per heavy atom. The Hall–Kier alpha value is -1.97. The average molecular weight is 204 g/mol. The van der Waals surface area contributed by atoms with Gasteiger partial charge < -0.3 is 4.74 Å². The topological polar surface area (TPSA) is 35.0 Å². The molecule has 0 amide bonds. The van der Waals surface area contributed by atoms with Crippen LogP contribution >= 0.6 is 0 Å². The van der Waals surface area contributed by atoms with Gasteiger partial charge >= 0.3 is 0 Å². The van der Waals surface area contributed by atoms with Gasteiger partial charge in [0.2, 0.25) is 11.8 Å². The van der Waals surface area contributed by atoms with Crippen molar-refractivity contribution < 1.29 is 9.13 Å². The molecule has 0 aliphatic rings. The summed E-state index contributed by atoms with van der Waals surface area (Å²) in [6.07, 6.45) is 1.41. The van der Waals surface area contributed by atoms with Gasteiger partial charge in [-0.05, 0) is 12.1 Å². The zero-order valence-electron chi connectivity index (χ0n) is 8.14. The van der Waals surface area contributed by atoms with Crippen LogP contribution in [0.2, 0.25) is 0 Å². The van der Waals surface area contributed by atoms with E-state index in [2.05, 4.69) is 9.97 Å². The second-order valence-corrected chi connectivity index (χ2v) is 2.93. The van der Waals surface area contributed by atoms with Crippen molar-refractivity contribution >= 4 is 0 Å². The van der Waals surface area contributed by atoms with Gasteiger partial charge in [-0.3, -0.25) is 0 Å². The summed E-state index contributed by atoms with van der Waals surface area (Å²) in [7, 11) is 1.54. The largest absolute Gasteiger partial charge is 0.481 e. The van der Waals surface area contributed by atoms with E-state index in [9.17, 15) is 4.39 Å². The number of methoxy groups -OCH3 is 1. The van der Waals surface area contributed by atoms with Crippen molar-refractivity contribution in [2.45, 2.75) is 0 Å². The van der Waals surface area contributed by atoms with E-state index in [1.807, 2.05) is 0 Å². The van der Waals surface area contributed by atoms with Gasteiger partial charge in [-0.25, -0.2) is 9.97 Å². The van der Waals surface area contributed by atoms with Gasteiger partial charge in [0.1, 0.15) is 0 Å². The minimum Gasteiger partial charge on any atom is -0.481 e. The van der Waals surface area contributed by atoms with Crippen LogP contribution in [0.15, 0.2) is 36.5 Å². The number of hydrogen-bond donors (Lipinski definition) is 0. The average Bonchev–Trinajstić information content (AvgIpc) is 2.29. The molecular weight excluding hydrogens is 195 g/mol. The first-order chi connectivity index (χ1) is 7.29. The molecule has 76 valence electrons. The van der Waals surface area contributed by atoms with E-state index >= 15 is 0 Å². The maximum Gasteiger partial charge on any atom is 0.213 e. The van der Waals surface area contributed by atoms with Crippen molar-refractivity contribution in [1.82, 2.24) is 9.97 Å². The summed E-state index contributed by atoms with van der Waals surface area (Å²) in [6, 6.07) is 8.37. The van der Waals surface area contributed by atoms with Crippen LogP contribution in [0.25, 0.3) is 11.3 Å². The molecule has 3 nitrogen and oxygen atoms in total. The molecule has 0 aromatic carbocycles. The van der Waals surface area contributed by atoms with Crippen LogP contribution in [0.3, 0.4) is 0 Å². The lowest BCUT2D eigenvalue weighted by atomic mass is 10.2. The van der Waals surface area contributed by atoms with Crippen molar-refractivity contribution in [1.29, 1.82) is 0 Å². The maximum atomic E-state index is 12.9. The van der Waals surface area contributed by atoms with E-state index in [0.717, 1.165) is 0 Å². The zero-order chi connectivity index (χ0) is 10.7. The molecular formula is C11H9FN2O. The Morgan fingerprint density at radius 1 is 1.27 bits per heavy atom. The van der Waals surface area contributed by atoms with Gasteiger partial charge in [0, 0.05) is 23.9 Å². The highest BCUT2D eigenvalue weighted by Crippen LogP contribution is 2.19. The predicted molar refractivity (Wildman–Crippen MR) is 54.0 cm³/mol. The van der Waals surface area contributed by atoms with Crippen LogP contribution in [0.4, 0.5) is 4.39 Å². The number of nitrogens with zero attached hydrogens (tertiary/aromatic N) is 2. The van der Waals surface area contributed by atoms with Crippen LogP contribution in [0.5, 0.6) is 5.88 Å². The lowest BCUT2D eigenvalue weighted by molar-refractivity contribution is 0.398. The number of rotatable bonds is 2. The Morgan fingerprint density at radius 2 is 2.13 bits per heavy atom. The quantitative estimate of drug-likeness (QED) is 0.704. The Kier molecular flexibility index (Phi) is 2.58. The Labute approximate surface area is 86.6 Å². The molecule has 0 bridgehead atoms. The molecule has 0 saturated heterocycles. The third-order valence-corrected chi connectivity index (χ3v) is 1.96. The fourth-order valence-corrected chi connectivity index (χ4v) is 1.25. The lowest BCUT2D eigenvalue weighted by Crippen LogP contribution is -1.90. The minimum absolute atomic E-state index is 0.504. The molecule has 0 aliphatic heterocycles. The van der Waals surface area contributed by atoms with Crippen molar-refractivity contribution in [3.8, 4) is 17.1 Å². The van der Waals surface area contributed by atoms with Crippen molar-refractivity contribution in [3.63, 3.8) is 0 Å². The van der Waals surface area contributed by atoms with Gasteiger partial charge in [-0.1, -0.05) is 6.07 Å². The van der Waals surface area contributed by atoms with Gasteiger partial charge in [0.25, 0.3) is 0 Å².